The highest BCUT2D eigenvalue weighted by molar-refractivity contribution is 5.94. The molecule has 0 fully saturated rings. The van der Waals surface area contributed by atoms with Crippen molar-refractivity contribution < 1.29 is 9.90 Å². The molecule has 1 aromatic carbocycles. The van der Waals surface area contributed by atoms with E-state index in [1.54, 1.807) is 13.8 Å². The minimum Gasteiger partial charge on any atom is -0.501 e. The fourth-order valence-electron chi connectivity index (χ4n) is 2.19. The lowest BCUT2D eigenvalue weighted by Crippen LogP contribution is -2.39. The van der Waals surface area contributed by atoms with Crippen molar-refractivity contribution in [2.75, 3.05) is 0 Å². The zero-order chi connectivity index (χ0) is 17.2. The summed E-state index contributed by atoms with van der Waals surface area (Å²) >= 11 is 0. The van der Waals surface area contributed by atoms with Crippen LogP contribution in [-0.4, -0.2) is 20.6 Å². The molecule has 122 valence electrons. The second kappa shape index (κ2) is 6.21. The zero-order valence-electron chi connectivity index (χ0n) is 13.3. The fraction of sp³-hybridized carbons (Fsp3) is 0.312. The van der Waals surface area contributed by atoms with Gasteiger partial charge in [0.05, 0.1) is 5.54 Å². The van der Waals surface area contributed by atoms with E-state index in [0.29, 0.717) is 0 Å². The number of carbonyl (C=O) groups is 1. The van der Waals surface area contributed by atoms with E-state index in [1.165, 1.54) is 7.05 Å². The average Bonchev–Trinajstić information content (AvgIpc) is 2.50. The van der Waals surface area contributed by atoms with Gasteiger partial charge in [-0.25, -0.2) is 4.98 Å². The Morgan fingerprint density at radius 1 is 1.35 bits per heavy atom. The lowest BCUT2D eigenvalue weighted by molar-refractivity contribution is 0.0941. The predicted molar refractivity (Wildman–Crippen MR) is 86.0 cm³/mol. The largest absolute Gasteiger partial charge is 0.501 e. The summed E-state index contributed by atoms with van der Waals surface area (Å²) in [5, 5.41) is 12.6. The molecule has 7 nitrogen and oxygen atoms in total. The average molecular weight is 316 g/mol. The van der Waals surface area contributed by atoms with Crippen LogP contribution in [0.1, 0.15) is 35.7 Å². The molecule has 0 aliphatic rings. The number of hydrogen-bond acceptors (Lipinski definition) is 5. The number of nitrogens with zero attached hydrogens (tertiary/aromatic N) is 2. The minimum atomic E-state index is -0.934. The van der Waals surface area contributed by atoms with Crippen LogP contribution in [0.3, 0.4) is 0 Å². The molecule has 0 aliphatic heterocycles. The summed E-state index contributed by atoms with van der Waals surface area (Å²) in [6.45, 7) is 3.59. The van der Waals surface area contributed by atoms with Crippen LogP contribution in [0.2, 0.25) is 0 Å². The maximum absolute atomic E-state index is 12.3. The molecule has 0 saturated heterocycles. The van der Waals surface area contributed by atoms with Crippen molar-refractivity contribution in [3.63, 3.8) is 0 Å². The molecule has 1 heterocycles. The van der Waals surface area contributed by atoms with Crippen LogP contribution in [-0.2, 0) is 19.1 Å². The van der Waals surface area contributed by atoms with Crippen LogP contribution in [0.4, 0.5) is 0 Å². The Labute approximate surface area is 133 Å². The number of aromatic hydroxyl groups is 1. The Bertz CT molecular complexity index is 776. The maximum atomic E-state index is 12.3. The normalized spacial score (nSPS) is 11.3. The van der Waals surface area contributed by atoms with E-state index >= 15 is 0 Å². The van der Waals surface area contributed by atoms with Gasteiger partial charge in [-0.15, -0.1) is 0 Å². The second-order valence-corrected chi connectivity index (χ2v) is 5.89. The van der Waals surface area contributed by atoms with Crippen molar-refractivity contribution in [2.24, 2.45) is 12.8 Å². The standard InChI is InChI=1S/C16H20N4O3/c1-16(2,17)15-19-11(12(21)14(23)20(15)3)13(22)18-9-10-7-5-4-6-8-10/h4-8,21H,9,17H2,1-3H3,(H,18,22). The van der Waals surface area contributed by atoms with Crippen molar-refractivity contribution in [1.82, 2.24) is 14.9 Å². The third-order valence-electron chi connectivity index (χ3n) is 3.35. The SMILES string of the molecule is Cn1c(C(C)(C)N)nc(C(=O)NCc2ccccc2)c(O)c1=O. The van der Waals surface area contributed by atoms with E-state index in [9.17, 15) is 14.7 Å². The molecule has 0 bridgehead atoms. The molecule has 23 heavy (non-hydrogen) atoms. The van der Waals surface area contributed by atoms with Gasteiger partial charge >= 0.3 is 0 Å². The smallest absolute Gasteiger partial charge is 0.296 e. The molecule has 2 aromatic rings. The number of hydrogen-bond donors (Lipinski definition) is 3. The first-order chi connectivity index (χ1) is 10.7. The van der Waals surface area contributed by atoms with Gasteiger partial charge in [0.25, 0.3) is 11.5 Å². The molecule has 1 aromatic heterocycles. The fourth-order valence-corrected chi connectivity index (χ4v) is 2.19. The number of nitrogens with one attached hydrogen (secondary N) is 1. The van der Waals surface area contributed by atoms with Crippen LogP contribution < -0.4 is 16.6 Å². The molecule has 0 saturated carbocycles. The molecular weight excluding hydrogens is 296 g/mol. The molecule has 7 heteroatoms. The summed E-state index contributed by atoms with van der Waals surface area (Å²) in [6.07, 6.45) is 0. The Morgan fingerprint density at radius 3 is 2.52 bits per heavy atom. The van der Waals surface area contributed by atoms with Crippen molar-refractivity contribution >= 4 is 5.91 Å². The number of aromatic nitrogens is 2. The first-order valence-corrected chi connectivity index (χ1v) is 7.13. The Morgan fingerprint density at radius 2 is 1.96 bits per heavy atom. The maximum Gasteiger partial charge on any atom is 0.296 e. The van der Waals surface area contributed by atoms with E-state index in [4.69, 9.17) is 5.73 Å². The summed E-state index contributed by atoms with van der Waals surface area (Å²) in [5.74, 6) is -1.11. The van der Waals surface area contributed by atoms with Crippen molar-refractivity contribution in [3.05, 3.63) is 57.8 Å². The van der Waals surface area contributed by atoms with E-state index in [0.717, 1.165) is 10.1 Å². The molecular formula is C16H20N4O3. The van der Waals surface area contributed by atoms with Gasteiger partial charge in [-0.3, -0.25) is 14.2 Å². The summed E-state index contributed by atoms with van der Waals surface area (Å²) in [4.78, 5) is 28.4. The van der Waals surface area contributed by atoms with Gasteiger partial charge in [-0.1, -0.05) is 30.3 Å². The van der Waals surface area contributed by atoms with Crippen molar-refractivity contribution in [3.8, 4) is 5.75 Å². The molecule has 0 unspecified atom stereocenters. The molecule has 1 amide bonds. The third kappa shape index (κ3) is 3.57. The van der Waals surface area contributed by atoms with E-state index < -0.39 is 22.8 Å². The van der Waals surface area contributed by atoms with Crippen LogP contribution >= 0.6 is 0 Å². The lowest BCUT2D eigenvalue weighted by atomic mass is 10.1. The van der Waals surface area contributed by atoms with E-state index in [-0.39, 0.29) is 18.1 Å². The highest BCUT2D eigenvalue weighted by Gasteiger charge is 2.26. The monoisotopic (exact) mass is 316 g/mol. The zero-order valence-corrected chi connectivity index (χ0v) is 13.3. The summed E-state index contributed by atoms with van der Waals surface area (Å²) < 4.78 is 1.14. The highest BCUT2D eigenvalue weighted by atomic mass is 16.3. The Kier molecular flexibility index (Phi) is 4.51. The first-order valence-electron chi connectivity index (χ1n) is 7.13. The highest BCUT2D eigenvalue weighted by Crippen LogP contribution is 2.17. The minimum absolute atomic E-state index is 0.213. The molecule has 0 spiro atoms. The van der Waals surface area contributed by atoms with Gasteiger partial charge in [0.2, 0.25) is 5.75 Å². The number of benzene rings is 1. The molecule has 2 rings (SSSR count). The Balaban J connectivity index is 2.33. The van der Waals surface area contributed by atoms with E-state index in [1.807, 2.05) is 30.3 Å². The third-order valence-corrected chi connectivity index (χ3v) is 3.35. The number of rotatable bonds is 4. The first kappa shape index (κ1) is 16.7. The molecule has 0 atom stereocenters. The summed E-state index contributed by atoms with van der Waals surface area (Å²) in [5.41, 5.74) is 4.90. The summed E-state index contributed by atoms with van der Waals surface area (Å²) in [7, 11) is 1.45. The van der Waals surface area contributed by atoms with Crippen LogP contribution in [0.15, 0.2) is 35.1 Å². The number of nitrogens with two attached hydrogens (primary N) is 1. The van der Waals surface area contributed by atoms with Crippen LogP contribution in [0, 0.1) is 0 Å². The van der Waals surface area contributed by atoms with Gasteiger partial charge in [-0.05, 0) is 19.4 Å². The van der Waals surface area contributed by atoms with Gasteiger partial charge < -0.3 is 16.2 Å². The molecule has 4 N–H and O–H groups in total. The number of carbonyl (C=O) groups excluding carboxylic acids is 1. The lowest BCUT2D eigenvalue weighted by Gasteiger charge is -2.21. The summed E-state index contributed by atoms with van der Waals surface area (Å²) in [6, 6.07) is 9.28. The van der Waals surface area contributed by atoms with Crippen molar-refractivity contribution in [1.29, 1.82) is 0 Å². The van der Waals surface area contributed by atoms with Crippen LogP contribution in [0.5, 0.6) is 5.75 Å². The molecule has 0 aliphatic carbocycles. The quantitative estimate of drug-likeness (QED) is 0.765. The Hall–Kier alpha value is -2.67. The molecule has 0 radical (unpaired) electrons. The topological polar surface area (TPSA) is 110 Å². The second-order valence-electron chi connectivity index (χ2n) is 5.89. The predicted octanol–water partition coefficient (Wildman–Crippen LogP) is 0.610. The van der Waals surface area contributed by atoms with Gasteiger partial charge in [0, 0.05) is 13.6 Å². The van der Waals surface area contributed by atoms with Crippen molar-refractivity contribution in [2.45, 2.75) is 25.9 Å². The van der Waals surface area contributed by atoms with Gasteiger partial charge in [0.1, 0.15) is 5.82 Å². The van der Waals surface area contributed by atoms with E-state index in [2.05, 4.69) is 10.3 Å². The van der Waals surface area contributed by atoms with Gasteiger partial charge in [-0.2, -0.15) is 0 Å². The van der Waals surface area contributed by atoms with Gasteiger partial charge in [0.15, 0.2) is 5.69 Å². The van der Waals surface area contributed by atoms with Crippen LogP contribution in [0.25, 0.3) is 0 Å². The number of amides is 1.